The molecule has 0 radical (unpaired) electrons. The van der Waals surface area contributed by atoms with Gasteiger partial charge in [-0.05, 0) is 12.5 Å². The first-order valence-electron chi connectivity index (χ1n) is 5.22. The molecule has 0 spiro atoms. The molecule has 2 nitrogen and oxygen atoms in total. The average Bonchev–Trinajstić information content (AvgIpc) is 2.26. The van der Waals surface area contributed by atoms with Crippen molar-refractivity contribution in [3.63, 3.8) is 0 Å². The highest BCUT2D eigenvalue weighted by Gasteiger charge is 2.20. The zero-order chi connectivity index (χ0) is 11.3. The topological polar surface area (TPSA) is 34.1 Å². The van der Waals surface area contributed by atoms with Crippen molar-refractivity contribution in [2.24, 2.45) is 0 Å². The number of hydrogen-bond acceptors (Lipinski definition) is 2. The minimum Gasteiger partial charge on any atom is -0.300 e. The van der Waals surface area contributed by atoms with Crippen LogP contribution in [0.5, 0.6) is 0 Å². The molecule has 0 aromatic heterocycles. The van der Waals surface area contributed by atoms with Crippen molar-refractivity contribution < 1.29 is 9.59 Å². The van der Waals surface area contributed by atoms with E-state index in [0.717, 1.165) is 5.56 Å². The summed E-state index contributed by atoms with van der Waals surface area (Å²) in [5.74, 6) is -0.0595. The van der Waals surface area contributed by atoms with Crippen LogP contribution in [0.3, 0.4) is 0 Å². The van der Waals surface area contributed by atoms with Gasteiger partial charge in [0.15, 0.2) is 0 Å². The van der Waals surface area contributed by atoms with Crippen molar-refractivity contribution in [3.05, 3.63) is 35.9 Å². The summed E-state index contributed by atoms with van der Waals surface area (Å²) >= 11 is 0. The maximum Gasteiger partial charge on any atom is 0.140 e. The summed E-state index contributed by atoms with van der Waals surface area (Å²) in [5, 5.41) is 0. The number of ketones is 2. The van der Waals surface area contributed by atoms with E-state index in [0.29, 0.717) is 12.8 Å². The number of carbonyl (C=O) groups excluding carboxylic acids is 2. The van der Waals surface area contributed by atoms with Gasteiger partial charge in [0.2, 0.25) is 0 Å². The lowest BCUT2D eigenvalue weighted by Crippen LogP contribution is -2.14. The molecule has 0 amide bonds. The predicted octanol–water partition coefficient (Wildman–Crippen LogP) is 2.73. The lowest BCUT2D eigenvalue weighted by Gasteiger charge is -2.13. The van der Waals surface area contributed by atoms with Gasteiger partial charge in [-0.2, -0.15) is 0 Å². The molecule has 1 aromatic carbocycles. The van der Waals surface area contributed by atoms with Gasteiger partial charge in [-0.25, -0.2) is 0 Å². The second-order valence-corrected chi connectivity index (χ2v) is 3.69. The molecular formula is C13H16O2. The fourth-order valence-corrected chi connectivity index (χ4v) is 1.64. The molecule has 0 aliphatic carbocycles. The van der Waals surface area contributed by atoms with Gasteiger partial charge >= 0.3 is 0 Å². The summed E-state index contributed by atoms with van der Waals surface area (Å²) in [6.07, 6.45) is 0.795. The zero-order valence-corrected chi connectivity index (χ0v) is 9.19. The monoisotopic (exact) mass is 204 g/mol. The maximum absolute atomic E-state index is 11.7. The molecule has 0 fully saturated rings. The van der Waals surface area contributed by atoms with Crippen LogP contribution in [0.1, 0.15) is 38.2 Å². The summed E-state index contributed by atoms with van der Waals surface area (Å²) in [6.45, 7) is 3.36. The van der Waals surface area contributed by atoms with Crippen LogP contribution in [-0.2, 0) is 9.59 Å². The Hall–Kier alpha value is -1.44. The lowest BCUT2D eigenvalue weighted by molar-refractivity contribution is -0.124. The molecule has 2 heteroatoms. The van der Waals surface area contributed by atoms with Crippen molar-refractivity contribution in [3.8, 4) is 0 Å². The Morgan fingerprint density at radius 1 is 1.20 bits per heavy atom. The summed E-state index contributed by atoms with van der Waals surface area (Å²) in [7, 11) is 0. The van der Waals surface area contributed by atoms with E-state index in [1.807, 2.05) is 37.3 Å². The minimum absolute atomic E-state index is 0.0608. The van der Waals surface area contributed by atoms with Crippen LogP contribution < -0.4 is 0 Å². The number of Topliss-reactive ketones (excluding diaryl/α,β-unsaturated/α-hetero) is 2. The Labute approximate surface area is 90.3 Å². The SMILES string of the molecule is CCC(=O)C(CC(C)=O)c1ccccc1. The highest BCUT2D eigenvalue weighted by Crippen LogP contribution is 2.22. The zero-order valence-electron chi connectivity index (χ0n) is 9.19. The van der Waals surface area contributed by atoms with Crippen molar-refractivity contribution >= 4 is 11.6 Å². The first-order valence-corrected chi connectivity index (χ1v) is 5.22. The van der Waals surface area contributed by atoms with Gasteiger partial charge in [-0.1, -0.05) is 37.3 Å². The van der Waals surface area contributed by atoms with Gasteiger partial charge < -0.3 is 0 Å². The molecule has 1 unspecified atom stereocenters. The number of benzene rings is 1. The first kappa shape index (κ1) is 11.6. The molecule has 80 valence electrons. The molecule has 0 aliphatic heterocycles. The van der Waals surface area contributed by atoms with E-state index >= 15 is 0 Å². The fourth-order valence-electron chi connectivity index (χ4n) is 1.64. The molecule has 1 atom stereocenters. The van der Waals surface area contributed by atoms with Crippen LogP contribution in [0.2, 0.25) is 0 Å². The average molecular weight is 204 g/mol. The summed E-state index contributed by atoms with van der Waals surface area (Å²) in [5.41, 5.74) is 0.944. The molecule has 1 rings (SSSR count). The van der Waals surface area contributed by atoms with Crippen molar-refractivity contribution in [2.75, 3.05) is 0 Å². The van der Waals surface area contributed by atoms with Gasteiger partial charge in [0.25, 0.3) is 0 Å². The second kappa shape index (κ2) is 5.44. The van der Waals surface area contributed by atoms with Crippen molar-refractivity contribution in [2.45, 2.75) is 32.6 Å². The summed E-state index contributed by atoms with van der Waals surface area (Å²) in [4.78, 5) is 22.8. The van der Waals surface area contributed by atoms with Gasteiger partial charge in [0.05, 0.1) is 0 Å². The van der Waals surface area contributed by atoms with E-state index in [1.54, 1.807) is 0 Å². The Morgan fingerprint density at radius 3 is 2.27 bits per heavy atom. The van der Waals surface area contributed by atoms with Crippen LogP contribution >= 0.6 is 0 Å². The molecule has 0 bridgehead atoms. The molecule has 0 aliphatic rings. The molecular weight excluding hydrogens is 188 g/mol. The molecule has 0 saturated heterocycles. The quantitative estimate of drug-likeness (QED) is 0.739. The third-order valence-electron chi connectivity index (χ3n) is 2.43. The largest absolute Gasteiger partial charge is 0.300 e. The normalized spacial score (nSPS) is 12.1. The lowest BCUT2D eigenvalue weighted by atomic mass is 9.89. The van der Waals surface area contributed by atoms with Crippen LogP contribution in [0.15, 0.2) is 30.3 Å². The van der Waals surface area contributed by atoms with E-state index in [4.69, 9.17) is 0 Å². The fraction of sp³-hybridized carbons (Fsp3) is 0.385. The van der Waals surface area contributed by atoms with Crippen molar-refractivity contribution in [1.82, 2.24) is 0 Å². The molecule has 15 heavy (non-hydrogen) atoms. The number of rotatable bonds is 5. The third-order valence-corrected chi connectivity index (χ3v) is 2.43. The predicted molar refractivity (Wildman–Crippen MR) is 59.8 cm³/mol. The summed E-state index contributed by atoms with van der Waals surface area (Å²) in [6, 6.07) is 9.50. The highest BCUT2D eigenvalue weighted by molar-refractivity contribution is 5.90. The number of carbonyl (C=O) groups is 2. The maximum atomic E-state index is 11.7. The third kappa shape index (κ3) is 3.31. The van der Waals surface area contributed by atoms with Gasteiger partial charge in [0, 0.05) is 18.8 Å². The number of hydrogen-bond donors (Lipinski definition) is 0. The van der Waals surface area contributed by atoms with Crippen LogP contribution in [0.25, 0.3) is 0 Å². The first-order chi connectivity index (χ1) is 7.15. The van der Waals surface area contributed by atoms with E-state index in [-0.39, 0.29) is 17.5 Å². The van der Waals surface area contributed by atoms with E-state index in [2.05, 4.69) is 0 Å². The van der Waals surface area contributed by atoms with Crippen LogP contribution in [0, 0.1) is 0 Å². The van der Waals surface area contributed by atoms with E-state index in [1.165, 1.54) is 6.92 Å². The molecule has 0 N–H and O–H groups in total. The molecule has 0 saturated carbocycles. The van der Waals surface area contributed by atoms with Gasteiger partial charge in [-0.3, -0.25) is 9.59 Å². The highest BCUT2D eigenvalue weighted by atomic mass is 16.1. The Bertz CT molecular complexity index is 341. The molecule has 0 heterocycles. The Balaban J connectivity index is 2.91. The smallest absolute Gasteiger partial charge is 0.140 e. The molecule has 1 aromatic rings. The van der Waals surface area contributed by atoms with Crippen molar-refractivity contribution in [1.29, 1.82) is 0 Å². The van der Waals surface area contributed by atoms with E-state index in [9.17, 15) is 9.59 Å². The Kier molecular flexibility index (Phi) is 4.22. The minimum atomic E-state index is -0.256. The summed E-state index contributed by atoms with van der Waals surface area (Å²) < 4.78 is 0. The van der Waals surface area contributed by atoms with Crippen LogP contribution in [0.4, 0.5) is 0 Å². The van der Waals surface area contributed by atoms with Gasteiger partial charge in [0.1, 0.15) is 11.6 Å². The second-order valence-electron chi connectivity index (χ2n) is 3.69. The van der Waals surface area contributed by atoms with E-state index < -0.39 is 0 Å². The Morgan fingerprint density at radius 2 is 1.80 bits per heavy atom. The van der Waals surface area contributed by atoms with Gasteiger partial charge in [-0.15, -0.1) is 0 Å². The standard InChI is InChI=1S/C13H16O2/c1-3-13(15)12(9-10(2)14)11-7-5-4-6-8-11/h4-8,12H,3,9H2,1-2H3. The van der Waals surface area contributed by atoms with Crippen LogP contribution in [-0.4, -0.2) is 11.6 Å².